The average molecular weight is 274 g/mol. The highest BCUT2D eigenvalue weighted by Crippen LogP contribution is 2.22. The minimum Gasteiger partial charge on any atom is -0.466 e. The molecule has 1 heterocycles. The van der Waals surface area contributed by atoms with E-state index in [1.54, 1.807) is 19.9 Å². The van der Waals surface area contributed by atoms with Crippen molar-refractivity contribution in [3.63, 3.8) is 0 Å². The first-order chi connectivity index (χ1) is 8.45. The third-order valence-electron chi connectivity index (χ3n) is 2.42. The molecule has 0 saturated heterocycles. The predicted octanol–water partition coefficient (Wildman–Crippen LogP) is 1.39. The van der Waals surface area contributed by atoms with Gasteiger partial charge in [-0.05, 0) is 25.5 Å². The molecule has 2 N–H and O–H groups in total. The highest BCUT2D eigenvalue weighted by atomic mass is 35.5. The maximum Gasteiger partial charge on any atom is 0.308 e. The maximum atomic E-state index is 11.2. The first kappa shape index (κ1) is 14.9. The van der Waals surface area contributed by atoms with Gasteiger partial charge in [-0.3, -0.25) is 4.79 Å². The Balaban J connectivity index is 2.70. The Hall–Kier alpha value is -1.17. The summed E-state index contributed by atoms with van der Waals surface area (Å²) in [7, 11) is 0. The standard InChI is InChI=1S/C12H16ClNO4/c1-3-18-10(16)5-9(15)11(17)8-4-7(2)12(13)14-6-8/h4,6,9,11,15,17H,3,5H2,1-2H3. The van der Waals surface area contributed by atoms with E-state index in [-0.39, 0.29) is 13.0 Å². The molecular formula is C12H16ClNO4. The zero-order chi connectivity index (χ0) is 13.7. The van der Waals surface area contributed by atoms with E-state index < -0.39 is 18.2 Å². The molecule has 6 heteroatoms. The third kappa shape index (κ3) is 3.94. The number of hydrogen-bond acceptors (Lipinski definition) is 5. The Bertz CT molecular complexity index is 425. The number of esters is 1. The van der Waals surface area contributed by atoms with Gasteiger partial charge in [-0.1, -0.05) is 11.6 Å². The summed E-state index contributed by atoms with van der Waals surface area (Å²) in [5.41, 5.74) is 1.10. The second-order valence-corrected chi connectivity index (χ2v) is 4.26. The molecule has 0 amide bonds. The van der Waals surface area contributed by atoms with E-state index in [2.05, 4.69) is 4.98 Å². The number of aromatic nitrogens is 1. The number of pyridine rings is 1. The minimum absolute atomic E-state index is 0.239. The zero-order valence-corrected chi connectivity index (χ0v) is 11.0. The summed E-state index contributed by atoms with van der Waals surface area (Å²) in [5, 5.41) is 19.9. The number of aryl methyl sites for hydroxylation is 1. The second kappa shape index (κ2) is 6.68. The van der Waals surface area contributed by atoms with E-state index in [0.29, 0.717) is 16.3 Å². The summed E-state index contributed by atoms with van der Waals surface area (Å²) in [6.07, 6.45) is -1.32. The van der Waals surface area contributed by atoms with Crippen LogP contribution in [0.4, 0.5) is 0 Å². The van der Waals surface area contributed by atoms with Gasteiger partial charge in [0, 0.05) is 11.8 Å². The monoisotopic (exact) mass is 273 g/mol. The van der Waals surface area contributed by atoms with Gasteiger partial charge in [0.25, 0.3) is 0 Å². The summed E-state index contributed by atoms with van der Waals surface area (Å²) in [5.74, 6) is -0.553. The van der Waals surface area contributed by atoms with Crippen LogP contribution in [0.5, 0.6) is 0 Å². The average Bonchev–Trinajstić information content (AvgIpc) is 2.32. The second-order valence-electron chi connectivity index (χ2n) is 3.90. The van der Waals surface area contributed by atoms with Crippen LogP contribution in [0.15, 0.2) is 12.3 Å². The summed E-state index contributed by atoms with van der Waals surface area (Å²) >= 11 is 5.76. The van der Waals surface area contributed by atoms with Gasteiger partial charge in [-0.15, -0.1) is 0 Å². The number of hydrogen-bond donors (Lipinski definition) is 2. The van der Waals surface area contributed by atoms with Crippen LogP contribution in [0.2, 0.25) is 5.15 Å². The van der Waals surface area contributed by atoms with Crippen molar-refractivity contribution in [3.8, 4) is 0 Å². The smallest absolute Gasteiger partial charge is 0.308 e. The van der Waals surface area contributed by atoms with Gasteiger partial charge in [0.2, 0.25) is 0 Å². The fourth-order valence-electron chi connectivity index (χ4n) is 1.47. The lowest BCUT2D eigenvalue weighted by atomic mass is 10.0. The fraction of sp³-hybridized carbons (Fsp3) is 0.500. The van der Waals surface area contributed by atoms with E-state index in [0.717, 1.165) is 0 Å². The Kier molecular flexibility index (Phi) is 5.53. The van der Waals surface area contributed by atoms with Gasteiger partial charge in [0.15, 0.2) is 0 Å². The topological polar surface area (TPSA) is 79.7 Å². The minimum atomic E-state index is -1.23. The van der Waals surface area contributed by atoms with Crippen molar-refractivity contribution in [2.75, 3.05) is 6.61 Å². The number of carbonyl (C=O) groups is 1. The van der Waals surface area contributed by atoms with Crippen LogP contribution in [-0.4, -0.2) is 33.9 Å². The summed E-state index contributed by atoms with van der Waals surface area (Å²) in [6, 6.07) is 1.62. The molecule has 2 atom stereocenters. The van der Waals surface area contributed by atoms with Crippen molar-refractivity contribution in [1.82, 2.24) is 4.98 Å². The number of nitrogens with zero attached hydrogens (tertiary/aromatic N) is 1. The molecule has 1 aromatic heterocycles. The van der Waals surface area contributed by atoms with Crippen molar-refractivity contribution in [2.45, 2.75) is 32.5 Å². The number of ether oxygens (including phenoxy) is 1. The molecule has 18 heavy (non-hydrogen) atoms. The predicted molar refractivity (Wildman–Crippen MR) is 66.2 cm³/mol. The molecule has 0 aliphatic rings. The molecule has 0 radical (unpaired) electrons. The Morgan fingerprint density at radius 1 is 1.56 bits per heavy atom. The van der Waals surface area contributed by atoms with Crippen LogP contribution >= 0.6 is 11.6 Å². The number of carbonyl (C=O) groups excluding carboxylic acids is 1. The van der Waals surface area contributed by atoms with Gasteiger partial charge in [-0.25, -0.2) is 4.98 Å². The van der Waals surface area contributed by atoms with Crippen LogP contribution in [-0.2, 0) is 9.53 Å². The first-order valence-corrected chi connectivity index (χ1v) is 5.97. The molecule has 1 rings (SSSR count). The van der Waals surface area contributed by atoms with E-state index >= 15 is 0 Å². The molecule has 0 fully saturated rings. The Labute approximate surface area is 110 Å². The van der Waals surface area contributed by atoms with Crippen molar-refractivity contribution in [3.05, 3.63) is 28.5 Å². The van der Waals surface area contributed by atoms with Crippen molar-refractivity contribution < 1.29 is 19.7 Å². The van der Waals surface area contributed by atoms with Crippen LogP contribution < -0.4 is 0 Å². The van der Waals surface area contributed by atoms with Crippen LogP contribution in [0, 0.1) is 6.92 Å². The summed E-state index contributed by atoms with van der Waals surface area (Å²) < 4.78 is 4.69. The van der Waals surface area contributed by atoms with Crippen LogP contribution in [0.1, 0.15) is 30.6 Å². The molecule has 2 unspecified atom stereocenters. The third-order valence-corrected chi connectivity index (χ3v) is 2.82. The molecule has 0 saturated carbocycles. The van der Waals surface area contributed by atoms with E-state index in [1.165, 1.54) is 6.20 Å². The lowest BCUT2D eigenvalue weighted by Crippen LogP contribution is -2.23. The van der Waals surface area contributed by atoms with Gasteiger partial charge in [-0.2, -0.15) is 0 Å². The van der Waals surface area contributed by atoms with Crippen molar-refractivity contribution >= 4 is 17.6 Å². The molecule has 0 aliphatic carbocycles. The number of halogens is 1. The molecular weight excluding hydrogens is 258 g/mol. The SMILES string of the molecule is CCOC(=O)CC(O)C(O)c1cnc(Cl)c(C)c1. The van der Waals surface area contributed by atoms with Gasteiger partial charge < -0.3 is 14.9 Å². The highest BCUT2D eigenvalue weighted by molar-refractivity contribution is 6.30. The fourth-order valence-corrected chi connectivity index (χ4v) is 1.57. The van der Waals surface area contributed by atoms with Gasteiger partial charge in [0.05, 0.1) is 19.1 Å². The van der Waals surface area contributed by atoms with E-state index in [9.17, 15) is 15.0 Å². The van der Waals surface area contributed by atoms with Crippen molar-refractivity contribution in [2.24, 2.45) is 0 Å². The molecule has 100 valence electrons. The molecule has 1 aromatic rings. The quantitative estimate of drug-likeness (QED) is 0.626. The van der Waals surface area contributed by atoms with E-state index in [1.807, 2.05) is 0 Å². The Morgan fingerprint density at radius 3 is 2.78 bits per heavy atom. The van der Waals surface area contributed by atoms with Crippen LogP contribution in [0.25, 0.3) is 0 Å². The van der Waals surface area contributed by atoms with Gasteiger partial charge in [0.1, 0.15) is 11.3 Å². The lowest BCUT2D eigenvalue weighted by Gasteiger charge is -2.17. The largest absolute Gasteiger partial charge is 0.466 e. The maximum absolute atomic E-state index is 11.2. The Morgan fingerprint density at radius 2 is 2.22 bits per heavy atom. The molecule has 0 spiro atoms. The molecule has 5 nitrogen and oxygen atoms in total. The lowest BCUT2D eigenvalue weighted by molar-refractivity contribution is -0.147. The van der Waals surface area contributed by atoms with Crippen molar-refractivity contribution in [1.29, 1.82) is 0 Å². The van der Waals surface area contributed by atoms with Crippen LogP contribution in [0.3, 0.4) is 0 Å². The van der Waals surface area contributed by atoms with E-state index in [4.69, 9.17) is 16.3 Å². The molecule has 0 bridgehead atoms. The number of aliphatic hydroxyl groups is 2. The molecule has 0 aromatic carbocycles. The first-order valence-electron chi connectivity index (χ1n) is 5.59. The number of aliphatic hydroxyl groups excluding tert-OH is 2. The number of rotatable bonds is 5. The molecule has 0 aliphatic heterocycles. The zero-order valence-electron chi connectivity index (χ0n) is 10.3. The summed E-state index contributed by atoms with van der Waals surface area (Å²) in [6.45, 7) is 3.65. The highest BCUT2D eigenvalue weighted by Gasteiger charge is 2.22. The normalized spacial score (nSPS) is 14.1. The van der Waals surface area contributed by atoms with Gasteiger partial charge >= 0.3 is 5.97 Å². The summed E-state index contributed by atoms with van der Waals surface area (Å²) in [4.78, 5) is 15.1.